The highest BCUT2D eigenvalue weighted by atomic mass is 16.5. The number of hydrogen-bond acceptors (Lipinski definition) is 6. The van der Waals surface area contributed by atoms with Gasteiger partial charge in [-0.05, 0) is 37.1 Å². The zero-order chi connectivity index (χ0) is 17.8. The molecular weight excluding hydrogens is 322 g/mol. The Balaban J connectivity index is 1.81. The second-order valence-electron chi connectivity index (χ2n) is 6.08. The van der Waals surface area contributed by atoms with Gasteiger partial charge in [-0.3, -0.25) is 4.90 Å². The van der Waals surface area contributed by atoms with E-state index in [1.807, 2.05) is 24.3 Å². The van der Waals surface area contributed by atoms with Gasteiger partial charge in [0.15, 0.2) is 0 Å². The van der Waals surface area contributed by atoms with Crippen LogP contribution in [-0.4, -0.2) is 38.2 Å². The highest BCUT2D eigenvalue weighted by Crippen LogP contribution is 2.33. The third-order valence-corrected chi connectivity index (χ3v) is 4.42. The van der Waals surface area contributed by atoms with Crippen molar-refractivity contribution in [1.82, 2.24) is 4.90 Å². The van der Waals surface area contributed by atoms with Crippen molar-refractivity contribution in [2.24, 2.45) is 0 Å². The lowest BCUT2D eigenvalue weighted by Gasteiger charge is -2.23. The van der Waals surface area contributed by atoms with Gasteiger partial charge in [-0.15, -0.1) is 0 Å². The van der Waals surface area contributed by atoms with Crippen LogP contribution in [0.4, 0.5) is 0 Å². The molecule has 0 unspecified atom stereocenters. The summed E-state index contributed by atoms with van der Waals surface area (Å²) < 4.78 is 20.9. The van der Waals surface area contributed by atoms with E-state index in [9.17, 15) is 4.79 Å². The van der Waals surface area contributed by atoms with Crippen LogP contribution in [0.2, 0.25) is 0 Å². The Kier molecular flexibility index (Phi) is 5.28. The summed E-state index contributed by atoms with van der Waals surface area (Å²) in [7, 11) is 4.67. The van der Waals surface area contributed by atoms with Gasteiger partial charge in [0.05, 0.1) is 27.6 Å². The molecule has 1 saturated carbocycles. The van der Waals surface area contributed by atoms with Crippen molar-refractivity contribution in [2.45, 2.75) is 32.0 Å². The summed E-state index contributed by atoms with van der Waals surface area (Å²) >= 11 is 0. The van der Waals surface area contributed by atoms with Crippen LogP contribution in [0, 0.1) is 0 Å². The topological polar surface area (TPSA) is 61.1 Å². The van der Waals surface area contributed by atoms with Crippen LogP contribution >= 0.6 is 0 Å². The quantitative estimate of drug-likeness (QED) is 0.685. The van der Waals surface area contributed by atoms with Crippen LogP contribution in [0.1, 0.15) is 34.5 Å². The second kappa shape index (κ2) is 7.61. The predicted molar refractivity (Wildman–Crippen MR) is 91.9 cm³/mol. The molecule has 1 aromatic carbocycles. The van der Waals surface area contributed by atoms with Crippen molar-refractivity contribution in [3.63, 3.8) is 0 Å². The van der Waals surface area contributed by atoms with Gasteiger partial charge in [-0.1, -0.05) is 0 Å². The molecule has 1 aliphatic rings. The number of rotatable bonds is 8. The average Bonchev–Trinajstić information content (AvgIpc) is 3.39. The van der Waals surface area contributed by atoms with Crippen molar-refractivity contribution in [2.75, 3.05) is 21.3 Å². The molecular formula is C19H23NO5. The van der Waals surface area contributed by atoms with E-state index in [2.05, 4.69) is 4.90 Å². The molecule has 1 aliphatic carbocycles. The smallest absolute Gasteiger partial charge is 0.374 e. The van der Waals surface area contributed by atoms with E-state index < -0.39 is 5.97 Å². The first kappa shape index (κ1) is 17.4. The number of ether oxygens (including phenoxy) is 3. The third kappa shape index (κ3) is 3.96. The lowest BCUT2D eigenvalue weighted by Crippen LogP contribution is -2.26. The minimum atomic E-state index is -0.449. The summed E-state index contributed by atoms with van der Waals surface area (Å²) in [5.41, 5.74) is 1.89. The minimum Gasteiger partial charge on any atom is -0.497 e. The number of benzene rings is 1. The van der Waals surface area contributed by atoms with Crippen LogP contribution < -0.4 is 9.47 Å². The molecule has 6 nitrogen and oxygen atoms in total. The largest absolute Gasteiger partial charge is 0.497 e. The lowest BCUT2D eigenvalue weighted by atomic mass is 10.1. The Bertz CT molecular complexity index is 735. The molecule has 1 fully saturated rings. The monoisotopic (exact) mass is 345 g/mol. The van der Waals surface area contributed by atoms with Gasteiger partial charge in [0.2, 0.25) is 5.76 Å². The van der Waals surface area contributed by atoms with Crippen molar-refractivity contribution in [3.8, 4) is 11.5 Å². The normalized spacial score (nSPS) is 13.8. The first-order valence-electron chi connectivity index (χ1n) is 8.26. The van der Waals surface area contributed by atoms with Crippen molar-refractivity contribution in [3.05, 3.63) is 47.4 Å². The van der Waals surface area contributed by atoms with Crippen LogP contribution in [-0.2, 0) is 17.8 Å². The zero-order valence-electron chi connectivity index (χ0n) is 14.8. The highest BCUT2D eigenvalue weighted by Gasteiger charge is 2.31. The fourth-order valence-electron chi connectivity index (χ4n) is 2.93. The predicted octanol–water partition coefficient (Wildman–Crippen LogP) is 3.25. The molecule has 1 heterocycles. The van der Waals surface area contributed by atoms with Crippen LogP contribution in [0.15, 0.2) is 34.9 Å². The fraction of sp³-hybridized carbons (Fsp3) is 0.421. The molecule has 0 spiro atoms. The summed E-state index contributed by atoms with van der Waals surface area (Å²) in [5.74, 6) is 1.44. The summed E-state index contributed by atoms with van der Waals surface area (Å²) in [6.45, 7) is 1.32. The van der Waals surface area contributed by atoms with Gasteiger partial charge in [0.25, 0.3) is 0 Å². The Labute approximate surface area is 147 Å². The van der Waals surface area contributed by atoms with Gasteiger partial charge < -0.3 is 18.6 Å². The molecule has 0 N–H and O–H groups in total. The maximum Gasteiger partial charge on any atom is 0.374 e. The Morgan fingerprint density at radius 3 is 2.52 bits per heavy atom. The lowest BCUT2D eigenvalue weighted by molar-refractivity contribution is 0.0561. The number of carbonyl (C=O) groups excluding carboxylic acids is 1. The maximum atomic E-state index is 11.8. The molecule has 6 heteroatoms. The number of methoxy groups -OCH3 is 3. The molecule has 3 rings (SSSR count). The highest BCUT2D eigenvalue weighted by molar-refractivity contribution is 5.87. The first-order chi connectivity index (χ1) is 12.2. The molecule has 0 saturated heterocycles. The van der Waals surface area contributed by atoms with E-state index in [0.717, 1.165) is 35.5 Å². The van der Waals surface area contributed by atoms with Gasteiger partial charge in [0.1, 0.15) is 11.5 Å². The molecule has 0 radical (unpaired) electrons. The van der Waals surface area contributed by atoms with Gasteiger partial charge in [0, 0.05) is 30.3 Å². The molecule has 0 aliphatic heterocycles. The molecule has 2 aromatic rings. The summed E-state index contributed by atoms with van der Waals surface area (Å²) in [6, 6.07) is 8.11. The van der Waals surface area contributed by atoms with Gasteiger partial charge in [-0.25, -0.2) is 4.79 Å². The molecule has 0 atom stereocenters. The van der Waals surface area contributed by atoms with E-state index in [1.165, 1.54) is 13.4 Å². The average molecular weight is 345 g/mol. The molecule has 0 amide bonds. The SMILES string of the molecule is COC(=O)c1occc1CN(Cc1cc(OC)ccc1OC)C1CC1. The second-order valence-corrected chi connectivity index (χ2v) is 6.08. The maximum absolute atomic E-state index is 11.8. The van der Waals surface area contributed by atoms with Gasteiger partial charge in [-0.2, -0.15) is 0 Å². The third-order valence-electron chi connectivity index (χ3n) is 4.42. The molecule has 25 heavy (non-hydrogen) atoms. The van der Waals surface area contributed by atoms with Crippen LogP contribution in [0.5, 0.6) is 11.5 Å². The Hall–Kier alpha value is -2.47. The Morgan fingerprint density at radius 1 is 1.12 bits per heavy atom. The van der Waals surface area contributed by atoms with Crippen LogP contribution in [0.3, 0.4) is 0 Å². The van der Waals surface area contributed by atoms with E-state index >= 15 is 0 Å². The summed E-state index contributed by atoms with van der Waals surface area (Å²) in [4.78, 5) is 14.2. The number of furan rings is 1. The standard InChI is InChI=1S/C19H23NO5/c1-22-16-6-7-17(23-2)14(10-16)12-20(15-4-5-15)11-13-8-9-25-18(13)19(21)24-3/h6-10,15H,4-5,11-12H2,1-3H3. The minimum absolute atomic E-state index is 0.269. The van der Waals surface area contributed by atoms with Gasteiger partial charge >= 0.3 is 5.97 Å². The van der Waals surface area contributed by atoms with E-state index in [0.29, 0.717) is 19.1 Å². The number of esters is 1. The van der Waals surface area contributed by atoms with E-state index in [-0.39, 0.29) is 5.76 Å². The molecule has 0 bridgehead atoms. The van der Waals surface area contributed by atoms with Crippen LogP contribution in [0.25, 0.3) is 0 Å². The number of nitrogens with zero attached hydrogens (tertiary/aromatic N) is 1. The molecule has 134 valence electrons. The number of carbonyl (C=O) groups is 1. The number of hydrogen-bond donors (Lipinski definition) is 0. The Morgan fingerprint density at radius 2 is 1.88 bits per heavy atom. The zero-order valence-corrected chi connectivity index (χ0v) is 14.8. The van der Waals surface area contributed by atoms with E-state index in [1.54, 1.807) is 14.2 Å². The van der Waals surface area contributed by atoms with Crippen molar-refractivity contribution in [1.29, 1.82) is 0 Å². The summed E-state index contributed by atoms with van der Waals surface area (Å²) in [6.07, 6.45) is 3.83. The molecule has 1 aromatic heterocycles. The van der Waals surface area contributed by atoms with Crippen molar-refractivity contribution < 1.29 is 23.4 Å². The fourth-order valence-corrected chi connectivity index (χ4v) is 2.93. The summed E-state index contributed by atoms with van der Waals surface area (Å²) in [5, 5.41) is 0. The first-order valence-corrected chi connectivity index (χ1v) is 8.26. The van der Waals surface area contributed by atoms with E-state index in [4.69, 9.17) is 18.6 Å². The van der Waals surface area contributed by atoms with Crippen molar-refractivity contribution >= 4 is 5.97 Å².